The monoisotopic (exact) mass is 271 g/mol. The number of benzene rings is 1. The Hall–Kier alpha value is -2.43. The van der Waals surface area contributed by atoms with Gasteiger partial charge in [-0.1, -0.05) is 24.3 Å². The van der Waals surface area contributed by atoms with Crippen molar-refractivity contribution in [1.29, 1.82) is 0 Å². The number of nitrogens with zero attached hydrogens (tertiary/aromatic N) is 1. The molecule has 0 aliphatic rings. The van der Waals surface area contributed by atoms with Crippen LogP contribution < -0.4 is 10.9 Å². The molecule has 0 saturated carbocycles. The van der Waals surface area contributed by atoms with Crippen LogP contribution in [0.3, 0.4) is 0 Å². The molecule has 1 aromatic carbocycles. The summed E-state index contributed by atoms with van der Waals surface area (Å²) in [4.78, 5) is 30.6. The molecular formula is C15H17N3O2. The highest BCUT2D eigenvalue weighted by atomic mass is 16.2. The first-order chi connectivity index (χ1) is 9.49. The van der Waals surface area contributed by atoms with Gasteiger partial charge >= 0.3 is 0 Å². The van der Waals surface area contributed by atoms with Gasteiger partial charge in [-0.2, -0.15) is 0 Å². The predicted molar refractivity (Wildman–Crippen MR) is 76.7 cm³/mol. The number of H-pyrrole nitrogens is 1. The maximum atomic E-state index is 12.1. The van der Waals surface area contributed by atoms with Crippen LogP contribution in [-0.2, 0) is 6.54 Å². The van der Waals surface area contributed by atoms with E-state index in [4.69, 9.17) is 0 Å². The van der Waals surface area contributed by atoms with Crippen molar-refractivity contribution in [2.45, 2.75) is 27.3 Å². The molecule has 2 aromatic rings. The van der Waals surface area contributed by atoms with E-state index in [1.54, 1.807) is 13.8 Å². The van der Waals surface area contributed by atoms with Crippen LogP contribution in [0.4, 0.5) is 0 Å². The van der Waals surface area contributed by atoms with Crippen molar-refractivity contribution in [3.8, 4) is 0 Å². The molecule has 0 atom stereocenters. The normalized spacial score (nSPS) is 10.3. The number of nitrogens with one attached hydrogen (secondary N) is 2. The Balaban J connectivity index is 2.18. The molecule has 2 rings (SSSR count). The molecule has 20 heavy (non-hydrogen) atoms. The number of aromatic amines is 1. The first-order valence-electron chi connectivity index (χ1n) is 6.39. The lowest BCUT2D eigenvalue weighted by molar-refractivity contribution is 0.0948. The van der Waals surface area contributed by atoms with E-state index < -0.39 is 11.5 Å². The molecule has 0 saturated heterocycles. The summed E-state index contributed by atoms with van der Waals surface area (Å²) in [5, 5.41) is 2.76. The van der Waals surface area contributed by atoms with E-state index in [9.17, 15) is 9.59 Å². The van der Waals surface area contributed by atoms with E-state index in [1.807, 2.05) is 31.2 Å². The molecule has 0 fully saturated rings. The third-order valence-corrected chi connectivity index (χ3v) is 3.15. The van der Waals surface area contributed by atoms with Gasteiger partial charge in [0.25, 0.3) is 11.5 Å². The lowest BCUT2D eigenvalue weighted by Crippen LogP contribution is -2.31. The SMILES string of the molecule is Cc1nc(C)c(C(=O)NCc2ccccc2C)c(=O)[nH]1. The Kier molecular flexibility index (Phi) is 3.98. The minimum atomic E-state index is -0.405. The van der Waals surface area contributed by atoms with E-state index in [-0.39, 0.29) is 5.56 Å². The number of aromatic nitrogens is 2. The molecule has 0 aliphatic carbocycles. The van der Waals surface area contributed by atoms with Crippen molar-refractivity contribution >= 4 is 5.91 Å². The molecule has 0 spiro atoms. The zero-order chi connectivity index (χ0) is 14.7. The molecular weight excluding hydrogens is 254 g/mol. The van der Waals surface area contributed by atoms with Crippen LogP contribution in [0.15, 0.2) is 29.1 Å². The molecule has 0 unspecified atom stereocenters. The topological polar surface area (TPSA) is 74.8 Å². The summed E-state index contributed by atoms with van der Waals surface area (Å²) < 4.78 is 0. The fourth-order valence-corrected chi connectivity index (χ4v) is 2.07. The summed E-state index contributed by atoms with van der Waals surface area (Å²) >= 11 is 0. The average Bonchev–Trinajstić information content (AvgIpc) is 2.36. The van der Waals surface area contributed by atoms with Gasteiger partial charge in [-0.15, -0.1) is 0 Å². The smallest absolute Gasteiger partial charge is 0.264 e. The fourth-order valence-electron chi connectivity index (χ4n) is 2.07. The maximum absolute atomic E-state index is 12.1. The lowest BCUT2D eigenvalue weighted by Gasteiger charge is -2.09. The quantitative estimate of drug-likeness (QED) is 0.891. The largest absolute Gasteiger partial charge is 0.348 e. The Bertz CT molecular complexity index is 705. The number of carbonyl (C=O) groups excluding carboxylic acids is 1. The summed E-state index contributed by atoms with van der Waals surface area (Å²) in [6, 6.07) is 7.78. The maximum Gasteiger partial charge on any atom is 0.264 e. The van der Waals surface area contributed by atoms with Gasteiger partial charge in [-0.3, -0.25) is 9.59 Å². The first-order valence-corrected chi connectivity index (χ1v) is 6.39. The Morgan fingerprint density at radius 1 is 1.25 bits per heavy atom. The third-order valence-electron chi connectivity index (χ3n) is 3.15. The van der Waals surface area contributed by atoms with E-state index in [0.717, 1.165) is 11.1 Å². The van der Waals surface area contributed by atoms with Crippen molar-refractivity contribution in [2.75, 3.05) is 0 Å². The molecule has 0 aliphatic heterocycles. The minimum Gasteiger partial charge on any atom is -0.348 e. The van der Waals surface area contributed by atoms with E-state index in [0.29, 0.717) is 18.1 Å². The zero-order valence-corrected chi connectivity index (χ0v) is 11.8. The van der Waals surface area contributed by atoms with Crippen LogP contribution in [0.2, 0.25) is 0 Å². The number of aryl methyl sites for hydroxylation is 3. The highest BCUT2D eigenvalue weighted by molar-refractivity contribution is 5.94. The standard InChI is InChI=1S/C15H17N3O2/c1-9-6-4-5-7-12(9)8-16-14(19)13-10(2)17-11(3)18-15(13)20/h4-7H,8H2,1-3H3,(H,16,19)(H,17,18,20). The second-order valence-corrected chi connectivity index (χ2v) is 4.72. The number of hydrogen-bond donors (Lipinski definition) is 2. The van der Waals surface area contributed by atoms with E-state index in [2.05, 4.69) is 15.3 Å². The predicted octanol–water partition coefficient (Wildman–Crippen LogP) is 1.63. The second-order valence-electron chi connectivity index (χ2n) is 4.72. The molecule has 1 aromatic heterocycles. The molecule has 5 heteroatoms. The van der Waals surface area contributed by atoms with Crippen molar-refractivity contribution in [3.63, 3.8) is 0 Å². The van der Waals surface area contributed by atoms with Gasteiger partial charge in [-0.25, -0.2) is 4.98 Å². The van der Waals surface area contributed by atoms with Gasteiger partial charge in [0.15, 0.2) is 0 Å². The van der Waals surface area contributed by atoms with E-state index in [1.165, 1.54) is 0 Å². The third kappa shape index (κ3) is 2.93. The second kappa shape index (κ2) is 5.69. The van der Waals surface area contributed by atoms with Crippen LogP contribution in [0.5, 0.6) is 0 Å². The highest BCUT2D eigenvalue weighted by Crippen LogP contribution is 2.07. The van der Waals surface area contributed by atoms with Gasteiger partial charge in [0.05, 0.1) is 5.69 Å². The van der Waals surface area contributed by atoms with Crippen LogP contribution in [-0.4, -0.2) is 15.9 Å². The number of rotatable bonds is 3. The number of carbonyl (C=O) groups is 1. The fraction of sp³-hybridized carbons (Fsp3) is 0.267. The molecule has 1 heterocycles. The first kappa shape index (κ1) is 14.0. The number of hydrogen-bond acceptors (Lipinski definition) is 3. The van der Waals surface area contributed by atoms with E-state index >= 15 is 0 Å². The van der Waals surface area contributed by atoms with Gasteiger partial charge < -0.3 is 10.3 Å². The number of amides is 1. The summed E-state index contributed by atoms with van der Waals surface area (Å²) in [7, 11) is 0. The Morgan fingerprint density at radius 3 is 2.60 bits per heavy atom. The summed E-state index contributed by atoms with van der Waals surface area (Å²) in [5.41, 5.74) is 2.23. The van der Waals surface area contributed by atoms with Gasteiger partial charge in [-0.05, 0) is 31.9 Å². The summed E-state index contributed by atoms with van der Waals surface area (Å²) in [6.07, 6.45) is 0. The molecule has 0 bridgehead atoms. The molecule has 1 amide bonds. The summed E-state index contributed by atoms with van der Waals surface area (Å²) in [6.45, 7) is 5.71. The van der Waals surface area contributed by atoms with Crippen LogP contribution in [0.25, 0.3) is 0 Å². The van der Waals surface area contributed by atoms with Gasteiger partial charge in [0.2, 0.25) is 0 Å². The minimum absolute atomic E-state index is 0.0733. The van der Waals surface area contributed by atoms with Crippen LogP contribution >= 0.6 is 0 Å². The van der Waals surface area contributed by atoms with Crippen LogP contribution in [0.1, 0.15) is 33.0 Å². The molecule has 104 valence electrons. The van der Waals surface area contributed by atoms with Crippen molar-refractivity contribution in [3.05, 3.63) is 62.8 Å². The summed E-state index contributed by atoms with van der Waals surface area (Å²) in [5.74, 6) is 0.0995. The van der Waals surface area contributed by atoms with Crippen molar-refractivity contribution in [1.82, 2.24) is 15.3 Å². The highest BCUT2D eigenvalue weighted by Gasteiger charge is 2.15. The molecule has 5 nitrogen and oxygen atoms in total. The van der Waals surface area contributed by atoms with Crippen molar-refractivity contribution in [2.24, 2.45) is 0 Å². The Labute approximate surface area is 117 Å². The Morgan fingerprint density at radius 2 is 1.95 bits per heavy atom. The molecule has 2 N–H and O–H groups in total. The van der Waals surface area contributed by atoms with Gasteiger partial charge in [0.1, 0.15) is 11.4 Å². The molecule has 0 radical (unpaired) electrons. The van der Waals surface area contributed by atoms with Crippen molar-refractivity contribution < 1.29 is 4.79 Å². The average molecular weight is 271 g/mol. The lowest BCUT2D eigenvalue weighted by atomic mass is 10.1. The van der Waals surface area contributed by atoms with Gasteiger partial charge in [0, 0.05) is 6.54 Å². The van der Waals surface area contributed by atoms with Crippen LogP contribution in [0, 0.1) is 20.8 Å². The zero-order valence-electron chi connectivity index (χ0n) is 11.8.